The molecule has 1 amide bonds. The number of rotatable bonds is 5. The summed E-state index contributed by atoms with van der Waals surface area (Å²) < 4.78 is 5.14. The minimum absolute atomic E-state index is 0.218. The number of anilines is 1. The van der Waals surface area contributed by atoms with Crippen LogP contribution in [0.5, 0.6) is 5.75 Å². The molecule has 5 nitrogen and oxygen atoms in total. The number of allylic oxidation sites excluding steroid dienone is 2. The maximum atomic E-state index is 12.5. The van der Waals surface area contributed by atoms with E-state index < -0.39 is 0 Å². The SMILES string of the molecule is COc1ccc(C=NNC(=O)c2ccc(C3Nc4ccccc4C4C=CCC43)cc2)cc1. The van der Waals surface area contributed by atoms with Crippen LogP contribution in [0.3, 0.4) is 0 Å². The summed E-state index contributed by atoms with van der Waals surface area (Å²) in [4.78, 5) is 12.5. The van der Waals surface area contributed by atoms with Crippen LogP contribution in [-0.2, 0) is 0 Å². The zero-order chi connectivity index (χ0) is 21.9. The molecule has 3 aromatic carbocycles. The molecule has 5 rings (SSSR count). The van der Waals surface area contributed by atoms with Gasteiger partial charge in [0.25, 0.3) is 5.91 Å². The fraction of sp³-hybridized carbons (Fsp3) is 0.185. The number of hydrogen-bond donors (Lipinski definition) is 2. The predicted molar refractivity (Wildman–Crippen MR) is 127 cm³/mol. The monoisotopic (exact) mass is 423 g/mol. The summed E-state index contributed by atoms with van der Waals surface area (Å²) in [6, 6.07) is 24.0. The Bertz CT molecular complexity index is 1170. The molecule has 0 radical (unpaired) electrons. The van der Waals surface area contributed by atoms with E-state index in [1.54, 1.807) is 13.3 Å². The number of ether oxygens (including phenoxy) is 1. The Labute approximate surface area is 187 Å². The molecule has 0 saturated carbocycles. The van der Waals surface area contributed by atoms with Gasteiger partial charge in [0.05, 0.1) is 19.4 Å². The van der Waals surface area contributed by atoms with Crippen molar-refractivity contribution >= 4 is 17.8 Å². The molecule has 3 aromatic rings. The van der Waals surface area contributed by atoms with Gasteiger partial charge in [-0.25, -0.2) is 5.43 Å². The van der Waals surface area contributed by atoms with Gasteiger partial charge in [-0.15, -0.1) is 0 Å². The maximum absolute atomic E-state index is 12.5. The van der Waals surface area contributed by atoms with E-state index in [9.17, 15) is 4.79 Å². The number of nitrogens with one attached hydrogen (secondary N) is 2. The smallest absolute Gasteiger partial charge is 0.271 e. The molecule has 32 heavy (non-hydrogen) atoms. The first-order chi connectivity index (χ1) is 15.7. The molecule has 160 valence electrons. The molecule has 3 unspecified atom stereocenters. The van der Waals surface area contributed by atoms with E-state index in [2.05, 4.69) is 52.3 Å². The number of fused-ring (bicyclic) bond motifs is 3. The lowest BCUT2D eigenvalue weighted by molar-refractivity contribution is 0.0955. The van der Waals surface area contributed by atoms with Crippen molar-refractivity contribution in [1.82, 2.24) is 5.43 Å². The molecule has 0 fully saturated rings. The van der Waals surface area contributed by atoms with Gasteiger partial charge in [-0.05, 0) is 71.5 Å². The number of benzene rings is 3. The molecule has 1 aliphatic carbocycles. The number of para-hydroxylation sites is 1. The van der Waals surface area contributed by atoms with E-state index in [4.69, 9.17) is 4.74 Å². The van der Waals surface area contributed by atoms with Crippen molar-refractivity contribution in [2.45, 2.75) is 18.4 Å². The first-order valence-electron chi connectivity index (χ1n) is 10.8. The van der Waals surface area contributed by atoms with Gasteiger partial charge >= 0.3 is 0 Å². The number of methoxy groups -OCH3 is 1. The van der Waals surface area contributed by atoms with Crippen molar-refractivity contribution in [2.75, 3.05) is 12.4 Å². The third-order valence-corrected chi connectivity index (χ3v) is 6.30. The molecular formula is C27H25N3O2. The number of nitrogens with zero attached hydrogens (tertiary/aromatic N) is 1. The highest BCUT2D eigenvalue weighted by Gasteiger charge is 2.37. The third-order valence-electron chi connectivity index (χ3n) is 6.30. The van der Waals surface area contributed by atoms with Crippen molar-refractivity contribution in [2.24, 2.45) is 11.0 Å². The summed E-state index contributed by atoms with van der Waals surface area (Å²) in [5, 5.41) is 7.79. The van der Waals surface area contributed by atoms with Gasteiger partial charge in [0.1, 0.15) is 5.75 Å². The van der Waals surface area contributed by atoms with Crippen LogP contribution in [-0.4, -0.2) is 19.2 Å². The number of carbonyl (C=O) groups excluding carboxylic acids is 1. The zero-order valence-corrected chi connectivity index (χ0v) is 17.9. The summed E-state index contributed by atoms with van der Waals surface area (Å²) in [6.45, 7) is 0. The second kappa shape index (κ2) is 8.71. The molecule has 0 aromatic heterocycles. The summed E-state index contributed by atoms with van der Waals surface area (Å²) in [5.41, 5.74) is 7.81. The van der Waals surface area contributed by atoms with Crippen molar-refractivity contribution in [1.29, 1.82) is 0 Å². The summed E-state index contributed by atoms with van der Waals surface area (Å²) in [6.07, 6.45) is 7.29. The quantitative estimate of drug-likeness (QED) is 0.333. The third kappa shape index (κ3) is 3.89. The Balaban J connectivity index is 1.27. The van der Waals surface area contributed by atoms with E-state index in [1.807, 2.05) is 48.5 Å². The molecule has 1 heterocycles. The first kappa shape index (κ1) is 20.1. The highest BCUT2D eigenvalue weighted by atomic mass is 16.5. The van der Waals surface area contributed by atoms with E-state index >= 15 is 0 Å². The second-order valence-electron chi connectivity index (χ2n) is 8.16. The zero-order valence-electron chi connectivity index (χ0n) is 17.9. The Hall–Kier alpha value is -3.86. The molecular weight excluding hydrogens is 398 g/mol. The molecule has 2 N–H and O–H groups in total. The van der Waals surface area contributed by atoms with Crippen molar-refractivity contribution in [3.8, 4) is 5.75 Å². The van der Waals surface area contributed by atoms with Crippen LogP contribution in [0.15, 0.2) is 90.0 Å². The summed E-state index contributed by atoms with van der Waals surface area (Å²) >= 11 is 0. The first-order valence-corrected chi connectivity index (χ1v) is 10.8. The van der Waals surface area contributed by atoms with Crippen LogP contribution in [0, 0.1) is 5.92 Å². The van der Waals surface area contributed by atoms with Crippen LogP contribution in [0.25, 0.3) is 0 Å². The Morgan fingerprint density at radius 2 is 1.84 bits per heavy atom. The van der Waals surface area contributed by atoms with Gasteiger partial charge in [-0.1, -0.05) is 42.5 Å². The minimum Gasteiger partial charge on any atom is -0.497 e. The lowest BCUT2D eigenvalue weighted by atomic mass is 9.77. The van der Waals surface area contributed by atoms with Crippen LogP contribution in [0.1, 0.15) is 45.4 Å². The average molecular weight is 424 g/mol. The number of amides is 1. The lowest BCUT2D eigenvalue weighted by Crippen LogP contribution is -2.29. The molecule has 0 saturated heterocycles. The van der Waals surface area contributed by atoms with E-state index in [0.29, 0.717) is 17.4 Å². The van der Waals surface area contributed by atoms with E-state index in [-0.39, 0.29) is 11.9 Å². The summed E-state index contributed by atoms with van der Waals surface area (Å²) in [7, 11) is 1.63. The standard InChI is InChI=1S/C27H25N3O2/c1-32-21-15-9-18(10-16-21)17-28-30-27(31)20-13-11-19(12-14-20)26-24-7-4-6-22(24)23-5-2-3-8-25(23)29-26/h2-6,8-17,22,24,26,29H,7H2,1H3,(H,30,31). The lowest BCUT2D eigenvalue weighted by Gasteiger charge is -2.37. The largest absolute Gasteiger partial charge is 0.497 e. The summed E-state index contributed by atoms with van der Waals surface area (Å²) in [5.74, 6) is 1.47. The Morgan fingerprint density at radius 1 is 1.06 bits per heavy atom. The Morgan fingerprint density at radius 3 is 2.62 bits per heavy atom. The molecule has 0 spiro atoms. The Kier molecular flexibility index (Phi) is 5.46. The van der Waals surface area contributed by atoms with Crippen LogP contribution >= 0.6 is 0 Å². The number of hydrazone groups is 1. The van der Waals surface area contributed by atoms with Crippen molar-refractivity contribution < 1.29 is 9.53 Å². The average Bonchev–Trinajstić information content (AvgIpc) is 3.34. The van der Waals surface area contributed by atoms with Crippen molar-refractivity contribution in [3.05, 3.63) is 107 Å². The number of hydrogen-bond acceptors (Lipinski definition) is 4. The topological polar surface area (TPSA) is 62.7 Å². The van der Waals surface area contributed by atoms with Gasteiger partial charge in [0.15, 0.2) is 0 Å². The van der Waals surface area contributed by atoms with Crippen LogP contribution in [0.4, 0.5) is 5.69 Å². The molecule has 2 aliphatic rings. The van der Waals surface area contributed by atoms with Gasteiger partial charge in [0, 0.05) is 17.2 Å². The predicted octanol–water partition coefficient (Wildman–Crippen LogP) is 5.29. The fourth-order valence-corrected chi connectivity index (χ4v) is 4.64. The van der Waals surface area contributed by atoms with E-state index in [0.717, 1.165) is 17.7 Å². The van der Waals surface area contributed by atoms with Gasteiger partial charge < -0.3 is 10.1 Å². The number of carbonyl (C=O) groups is 1. The molecule has 3 atom stereocenters. The van der Waals surface area contributed by atoms with Gasteiger partial charge in [0.2, 0.25) is 0 Å². The highest BCUT2D eigenvalue weighted by Crippen LogP contribution is 2.49. The molecule has 1 aliphatic heterocycles. The van der Waals surface area contributed by atoms with E-state index in [1.165, 1.54) is 16.8 Å². The highest BCUT2D eigenvalue weighted by molar-refractivity contribution is 5.94. The van der Waals surface area contributed by atoms with Gasteiger partial charge in [-0.3, -0.25) is 4.79 Å². The minimum atomic E-state index is -0.233. The second-order valence-corrected chi connectivity index (χ2v) is 8.16. The molecule has 0 bridgehead atoms. The maximum Gasteiger partial charge on any atom is 0.271 e. The van der Waals surface area contributed by atoms with Crippen molar-refractivity contribution in [3.63, 3.8) is 0 Å². The normalized spacial score (nSPS) is 21.0. The molecule has 5 heteroatoms. The van der Waals surface area contributed by atoms with Gasteiger partial charge in [-0.2, -0.15) is 5.10 Å². The van der Waals surface area contributed by atoms with Crippen LogP contribution in [0.2, 0.25) is 0 Å². The van der Waals surface area contributed by atoms with Crippen LogP contribution < -0.4 is 15.5 Å². The fourth-order valence-electron chi connectivity index (χ4n) is 4.64.